The van der Waals surface area contributed by atoms with Crippen molar-refractivity contribution < 1.29 is 31.1 Å². The highest BCUT2D eigenvalue weighted by molar-refractivity contribution is 5.80. The van der Waals surface area contributed by atoms with E-state index in [0.717, 1.165) is 6.07 Å². The van der Waals surface area contributed by atoms with E-state index in [0.29, 0.717) is 16.7 Å². The maximum absolute atomic E-state index is 13.7. The smallest absolute Gasteiger partial charge is 0.406 e. The molecule has 1 aromatic carbocycles. The van der Waals surface area contributed by atoms with E-state index in [9.17, 15) is 26.3 Å². The van der Waals surface area contributed by atoms with Crippen molar-refractivity contribution in [3.8, 4) is 5.75 Å². The molecular formula is C19H18F6N2O. The van der Waals surface area contributed by atoms with Gasteiger partial charge in [-0.3, -0.25) is 5.01 Å². The Balaban J connectivity index is 2.03. The van der Waals surface area contributed by atoms with Gasteiger partial charge in [0.1, 0.15) is 5.75 Å². The van der Waals surface area contributed by atoms with Crippen molar-refractivity contribution in [3.05, 3.63) is 58.9 Å². The van der Waals surface area contributed by atoms with Gasteiger partial charge in [0.2, 0.25) is 0 Å². The van der Waals surface area contributed by atoms with E-state index in [1.807, 2.05) is 0 Å². The van der Waals surface area contributed by atoms with E-state index in [1.165, 1.54) is 34.4 Å². The number of rotatable bonds is 3. The number of nitrogens with zero attached hydrogens (tertiary/aromatic N) is 2. The first-order valence-corrected chi connectivity index (χ1v) is 8.52. The van der Waals surface area contributed by atoms with E-state index in [2.05, 4.69) is 4.74 Å². The zero-order valence-electron chi connectivity index (χ0n) is 15.3. The summed E-state index contributed by atoms with van der Waals surface area (Å²) in [5.74, 6) is -0.377. The zero-order chi connectivity index (χ0) is 20.9. The first-order valence-electron chi connectivity index (χ1n) is 8.52. The standard InChI is InChI=1S/C19H18F6N2O/c1-4-15-17(18(20,21)22)16-10-12(7-8-27(16)26(15)3)14-6-5-13(9-11(14)2)28-19(23,24)25/h5-10,15H,4H2,1-3H3. The molecule has 3 nitrogen and oxygen atoms in total. The number of allylic oxidation sites excluding steroid dienone is 3. The van der Waals surface area contributed by atoms with Crippen LogP contribution in [0.25, 0.3) is 5.57 Å². The molecule has 0 fully saturated rings. The summed E-state index contributed by atoms with van der Waals surface area (Å²) in [6.45, 7) is 3.26. The van der Waals surface area contributed by atoms with Crippen LogP contribution >= 0.6 is 0 Å². The minimum Gasteiger partial charge on any atom is -0.406 e. The Morgan fingerprint density at radius 2 is 1.79 bits per heavy atom. The lowest BCUT2D eigenvalue weighted by Gasteiger charge is -2.30. The van der Waals surface area contributed by atoms with Crippen molar-refractivity contribution >= 4 is 5.57 Å². The SMILES string of the molecule is CCC1C(C(F)(F)F)=C2C=C(c3ccc(OC(F)(F)F)cc3C)C=CN2N1C. The second kappa shape index (κ2) is 6.88. The van der Waals surface area contributed by atoms with Crippen LogP contribution in [0.4, 0.5) is 26.3 Å². The van der Waals surface area contributed by atoms with Gasteiger partial charge in [-0.1, -0.05) is 13.0 Å². The van der Waals surface area contributed by atoms with Gasteiger partial charge in [0.15, 0.2) is 0 Å². The fourth-order valence-corrected chi connectivity index (χ4v) is 3.60. The number of likely N-dealkylation sites (N-methyl/N-ethyl adjacent to an activating group) is 1. The number of hydrazine groups is 1. The van der Waals surface area contributed by atoms with Crippen molar-refractivity contribution in [1.82, 2.24) is 10.0 Å². The largest absolute Gasteiger partial charge is 0.573 e. The number of hydrogen-bond donors (Lipinski definition) is 0. The predicted octanol–water partition coefficient (Wildman–Crippen LogP) is 5.56. The van der Waals surface area contributed by atoms with E-state index in [4.69, 9.17) is 0 Å². The van der Waals surface area contributed by atoms with Crippen LogP contribution in [0.15, 0.2) is 47.8 Å². The number of aryl methyl sites for hydroxylation is 1. The molecule has 1 unspecified atom stereocenters. The van der Waals surface area contributed by atoms with Gasteiger partial charge in [0, 0.05) is 13.2 Å². The maximum atomic E-state index is 13.7. The number of halogens is 6. The van der Waals surface area contributed by atoms with Crippen molar-refractivity contribution in [2.75, 3.05) is 7.05 Å². The fraction of sp³-hybridized carbons (Fsp3) is 0.368. The number of benzene rings is 1. The molecule has 1 aromatic rings. The van der Waals surface area contributed by atoms with Gasteiger partial charge in [-0.25, -0.2) is 5.01 Å². The summed E-state index contributed by atoms with van der Waals surface area (Å²) in [7, 11) is 1.59. The van der Waals surface area contributed by atoms with Crippen LogP contribution in [0.2, 0.25) is 0 Å². The molecule has 0 bridgehead atoms. The molecule has 0 N–H and O–H groups in total. The summed E-state index contributed by atoms with van der Waals surface area (Å²) in [4.78, 5) is 0. The number of ether oxygens (including phenoxy) is 1. The van der Waals surface area contributed by atoms with Crippen molar-refractivity contribution in [3.63, 3.8) is 0 Å². The summed E-state index contributed by atoms with van der Waals surface area (Å²) in [5, 5.41) is 2.96. The van der Waals surface area contributed by atoms with Crippen molar-refractivity contribution in [2.45, 2.75) is 38.8 Å². The lowest BCUT2D eigenvalue weighted by molar-refractivity contribution is -0.274. The van der Waals surface area contributed by atoms with Crippen LogP contribution in [0.3, 0.4) is 0 Å². The van der Waals surface area contributed by atoms with E-state index in [-0.39, 0.29) is 17.9 Å². The second-order valence-electron chi connectivity index (χ2n) is 6.58. The molecule has 9 heteroatoms. The normalized spacial score (nSPS) is 20.5. The Kier molecular flexibility index (Phi) is 4.99. The molecule has 0 saturated heterocycles. The Hall–Kier alpha value is -2.42. The first kappa shape index (κ1) is 20.3. The lowest BCUT2D eigenvalue weighted by Crippen LogP contribution is -2.37. The van der Waals surface area contributed by atoms with Gasteiger partial charge in [-0.2, -0.15) is 13.2 Å². The Bertz CT molecular complexity index is 866. The minimum atomic E-state index is -4.81. The molecule has 0 spiro atoms. The quantitative estimate of drug-likeness (QED) is 0.614. The monoisotopic (exact) mass is 404 g/mol. The average Bonchev–Trinajstić information content (AvgIpc) is 2.85. The van der Waals surface area contributed by atoms with Crippen LogP contribution in [0.1, 0.15) is 24.5 Å². The number of hydrogen-bond acceptors (Lipinski definition) is 3. The van der Waals surface area contributed by atoms with E-state index in [1.54, 1.807) is 27.0 Å². The molecule has 0 amide bonds. The van der Waals surface area contributed by atoms with Crippen LogP contribution < -0.4 is 4.74 Å². The third-order valence-electron chi connectivity index (χ3n) is 4.77. The third-order valence-corrected chi connectivity index (χ3v) is 4.77. The summed E-state index contributed by atoms with van der Waals surface area (Å²) in [6.07, 6.45) is -4.43. The molecule has 2 heterocycles. The Morgan fingerprint density at radius 1 is 1.11 bits per heavy atom. The molecule has 0 saturated carbocycles. The summed E-state index contributed by atoms with van der Waals surface area (Å²) in [6, 6.07) is 2.95. The van der Waals surface area contributed by atoms with Gasteiger partial charge in [-0.15, -0.1) is 13.2 Å². The van der Waals surface area contributed by atoms with Crippen molar-refractivity contribution in [1.29, 1.82) is 0 Å². The fourth-order valence-electron chi connectivity index (χ4n) is 3.60. The zero-order valence-corrected chi connectivity index (χ0v) is 15.3. The molecule has 2 aliphatic heterocycles. The predicted molar refractivity (Wildman–Crippen MR) is 91.7 cm³/mol. The van der Waals surface area contributed by atoms with Gasteiger partial charge < -0.3 is 4.74 Å². The summed E-state index contributed by atoms with van der Waals surface area (Å²) in [5.41, 5.74) is 0.860. The van der Waals surface area contributed by atoms with Gasteiger partial charge >= 0.3 is 12.5 Å². The second-order valence-corrected chi connectivity index (χ2v) is 6.58. The minimum absolute atomic E-state index is 0.0226. The highest BCUT2D eigenvalue weighted by Crippen LogP contribution is 2.44. The highest BCUT2D eigenvalue weighted by atomic mass is 19.4. The van der Waals surface area contributed by atoms with Crippen LogP contribution in [-0.2, 0) is 0 Å². The topological polar surface area (TPSA) is 15.7 Å². The molecule has 152 valence electrons. The third kappa shape index (κ3) is 3.76. The lowest BCUT2D eigenvalue weighted by atomic mass is 9.96. The van der Waals surface area contributed by atoms with Crippen LogP contribution in [-0.4, -0.2) is 35.6 Å². The van der Waals surface area contributed by atoms with Crippen molar-refractivity contribution in [2.24, 2.45) is 0 Å². The molecule has 1 atom stereocenters. The molecule has 3 rings (SSSR count). The Morgan fingerprint density at radius 3 is 2.32 bits per heavy atom. The Labute approximate surface area is 158 Å². The molecule has 2 aliphatic rings. The average molecular weight is 404 g/mol. The molecular weight excluding hydrogens is 386 g/mol. The highest BCUT2D eigenvalue weighted by Gasteiger charge is 2.48. The van der Waals surface area contributed by atoms with Gasteiger partial charge in [0.05, 0.1) is 17.3 Å². The summed E-state index contributed by atoms with van der Waals surface area (Å²) >= 11 is 0. The first-order chi connectivity index (χ1) is 12.9. The van der Waals surface area contributed by atoms with Crippen LogP contribution in [0.5, 0.6) is 5.75 Å². The number of fused-ring (bicyclic) bond motifs is 1. The summed E-state index contributed by atoms with van der Waals surface area (Å²) < 4.78 is 82.0. The molecule has 28 heavy (non-hydrogen) atoms. The molecule has 0 aromatic heterocycles. The molecule has 0 radical (unpaired) electrons. The van der Waals surface area contributed by atoms with E-state index < -0.39 is 24.2 Å². The maximum Gasteiger partial charge on any atom is 0.573 e. The number of alkyl halides is 6. The van der Waals surface area contributed by atoms with Gasteiger partial charge in [-0.05, 0) is 54.3 Å². The molecule has 0 aliphatic carbocycles. The van der Waals surface area contributed by atoms with Gasteiger partial charge in [0.25, 0.3) is 0 Å². The van der Waals surface area contributed by atoms with E-state index >= 15 is 0 Å². The van der Waals surface area contributed by atoms with Crippen LogP contribution in [0, 0.1) is 6.92 Å².